The quantitative estimate of drug-likeness (QED) is 0.240. The van der Waals surface area contributed by atoms with Gasteiger partial charge in [0, 0.05) is 18.0 Å². The summed E-state index contributed by atoms with van der Waals surface area (Å²) in [6, 6.07) is 16.4. The molecule has 7 nitrogen and oxygen atoms in total. The number of alkyl halides is 3. The van der Waals surface area contributed by atoms with Crippen molar-refractivity contribution in [2.24, 2.45) is 0 Å². The maximum atomic E-state index is 12.5. The Bertz CT molecular complexity index is 937. The van der Waals surface area contributed by atoms with Crippen molar-refractivity contribution < 1.29 is 42.4 Å². The fourth-order valence-electron chi connectivity index (χ4n) is 2.81. The Morgan fingerprint density at radius 2 is 1.59 bits per heavy atom. The number of nitrogen functional groups attached to an aromatic ring is 1. The molecule has 0 saturated carbocycles. The van der Waals surface area contributed by atoms with Gasteiger partial charge in [0.1, 0.15) is 0 Å². The molecular weight excluding hydrogens is 450 g/mol. The van der Waals surface area contributed by atoms with E-state index in [1.54, 1.807) is 24.3 Å². The SMILES string of the molecule is Nc1cccc(C(CP(=O)(O)CCCCc2ccccc2)C(=O)O)c1.O=C(O)C(F)(F)F. The minimum atomic E-state index is -5.08. The molecule has 0 aromatic heterocycles. The summed E-state index contributed by atoms with van der Waals surface area (Å²) < 4.78 is 44.2. The predicted octanol–water partition coefficient (Wildman–Crippen LogP) is 4.36. The lowest BCUT2D eigenvalue weighted by atomic mass is 10.0. The lowest BCUT2D eigenvalue weighted by Gasteiger charge is -2.18. The topological polar surface area (TPSA) is 138 Å². The predicted molar refractivity (Wildman–Crippen MR) is 114 cm³/mol. The largest absolute Gasteiger partial charge is 0.490 e. The smallest absolute Gasteiger partial charge is 0.481 e. The van der Waals surface area contributed by atoms with Crippen LogP contribution in [0.3, 0.4) is 0 Å². The highest BCUT2D eigenvalue weighted by Crippen LogP contribution is 2.46. The highest BCUT2D eigenvalue weighted by molar-refractivity contribution is 7.58. The third kappa shape index (κ3) is 10.5. The van der Waals surface area contributed by atoms with E-state index in [2.05, 4.69) is 0 Å². The molecule has 0 fully saturated rings. The second-order valence-corrected chi connectivity index (χ2v) is 9.56. The van der Waals surface area contributed by atoms with Gasteiger partial charge in [0.15, 0.2) is 0 Å². The molecule has 32 heavy (non-hydrogen) atoms. The Labute approximate surface area is 183 Å². The van der Waals surface area contributed by atoms with Crippen LogP contribution in [0.15, 0.2) is 54.6 Å². The number of aryl methyl sites for hydroxylation is 1. The van der Waals surface area contributed by atoms with Gasteiger partial charge in [0.25, 0.3) is 0 Å². The van der Waals surface area contributed by atoms with Crippen molar-refractivity contribution in [3.05, 3.63) is 65.7 Å². The number of carbonyl (C=O) groups is 2. The van der Waals surface area contributed by atoms with Crippen LogP contribution in [0.5, 0.6) is 0 Å². The molecule has 0 aliphatic carbocycles. The van der Waals surface area contributed by atoms with E-state index in [1.165, 1.54) is 5.56 Å². The zero-order valence-electron chi connectivity index (χ0n) is 17.0. The van der Waals surface area contributed by atoms with Crippen LogP contribution in [0.1, 0.15) is 29.9 Å². The standard InChI is InChI=1S/C19H24NO4P.C2HF3O2/c20-17-11-6-10-16(13-17)18(19(21)22)14-25(23,24)12-5-4-9-15-7-2-1-3-8-15;3-2(4,5)1(6)7/h1-3,6-8,10-11,13,18H,4-5,9,12,14,20H2,(H,21,22)(H,23,24);(H,6,7). The van der Waals surface area contributed by atoms with Crippen molar-refractivity contribution in [2.75, 3.05) is 18.1 Å². The van der Waals surface area contributed by atoms with E-state index in [9.17, 15) is 32.5 Å². The zero-order valence-corrected chi connectivity index (χ0v) is 17.9. The number of nitrogens with two attached hydrogens (primary N) is 1. The molecule has 2 aromatic rings. The number of rotatable bonds is 9. The molecule has 2 unspecified atom stereocenters. The van der Waals surface area contributed by atoms with E-state index in [0.29, 0.717) is 17.7 Å². The molecule has 0 heterocycles. The minimum Gasteiger partial charge on any atom is -0.481 e. The Balaban J connectivity index is 0.000000633. The van der Waals surface area contributed by atoms with Crippen molar-refractivity contribution in [1.82, 2.24) is 0 Å². The van der Waals surface area contributed by atoms with Crippen LogP contribution in [0.2, 0.25) is 0 Å². The van der Waals surface area contributed by atoms with Gasteiger partial charge in [-0.25, -0.2) is 4.79 Å². The summed E-state index contributed by atoms with van der Waals surface area (Å²) in [6.45, 7) is 0. The van der Waals surface area contributed by atoms with Gasteiger partial charge in [-0.05, 0) is 42.5 Å². The molecule has 0 bridgehead atoms. The van der Waals surface area contributed by atoms with Crippen molar-refractivity contribution in [1.29, 1.82) is 0 Å². The summed E-state index contributed by atoms with van der Waals surface area (Å²) >= 11 is 0. The van der Waals surface area contributed by atoms with Crippen LogP contribution in [0.4, 0.5) is 18.9 Å². The molecule has 0 spiro atoms. The molecular formula is C21H25F3NO6P. The van der Waals surface area contributed by atoms with Gasteiger partial charge in [-0.3, -0.25) is 9.36 Å². The maximum absolute atomic E-state index is 12.5. The van der Waals surface area contributed by atoms with Gasteiger partial charge in [-0.2, -0.15) is 13.2 Å². The Hall–Kier alpha value is -2.84. The maximum Gasteiger partial charge on any atom is 0.490 e. The number of carboxylic acid groups (broad SMARTS) is 2. The first-order valence-corrected chi connectivity index (χ1v) is 11.6. The molecule has 2 rings (SSSR count). The summed E-state index contributed by atoms with van der Waals surface area (Å²) in [5.74, 6) is -4.88. The van der Waals surface area contributed by atoms with E-state index in [1.807, 2.05) is 30.3 Å². The average molecular weight is 475 g/mol. The molecule has 176 valence electrons. The number of benzene rings is 2. The summed E-state index contributed by atoms with van der Waals surface area (Å²) in [7, 11) is -3.53. The highest BCUT2D eigenvalue weighted by Gasteiger charge is 2.38. The van der Waals surface area contributed by atoms with E-state index in [-0.39, 0.29) is 12.3 Å². The molecule has 2 atom stereocenters. The monoisotopic (exact) mass is 475 g/mol. The zero-order chi connectivity index (χ0) is 24.4. The van der Waals surface area contributed by atoms with Crippen molar-refractivity contribution in [2.45, 2.75) is 31.4 Å². The summed E-state index contributed by atoms with van der Waals surface area (Å²) in [5, 5.41) is 16.6. The number of anilines is 1. The van der Waals surface area contributed by atoms with E-state index in [0.717, 1.165) is 12.8 Å². The molecule has 0 aliphatic rings. The lowest BCUT2D eigenvalue weighted by molar-refractivity contribution is -0.192. The summed E-state index contributed by atoms with van der Waals surface area (Å²) in [4.78, 5) is 30.6. The fraction of sp³-hybridized carbons (Fsp3) is 0.333. The minimum absolute atomic E-state index is 0.131. The van der Waals surface area contributed by atoms with Crippen LogP contribution in [0, 0.1) is 0 Å². The van der Waals surface area contributed by atoms with E-state index >= 15 is 0 Å². The van der Waals surface area contributed by atoms with Gasteiger partial charge in [-0.15, -0.1) is 0 Å². The number of carboxylic acids is 2. The Morgan fingerprint density at radius 1 is 1.00 bits per heavy atom. The Kier molecular flexibility index (Phi) is 10.4. The first-order chi connectivity index (χ1) is 14.8. The van der Waals surface area contributed by atoms with Gasteiger partial charge >= 0.3 is 18.1 Å². The number of hydrogen-bond acceptors (Lipinski definition) is 4. The fourth-order valence-corrected chi connectivity index (χ4v) is 4.65. The van der Waals surface area contributed by atoms with Gasteiger partial charge in [0.05, 0.1) is 5.92 Å². The average Bonchev–Trinajstić information content (AvgIpc) is 2.70. The number of aliphatic carboxylic acids is 2. The van der Waals surface area contributed by atoms with Gasteiger partial charge < -0.3 is 20.8 Å². The third-order valence-corrected chi connectivity index (χ3v) is 6.34. The van der Waals surface area contributed by atoms with Gasteiger partial charge in [0.2, 0.25) is 7.37 Å². The van der Waals surface area contributed by atoms with Crippen molar-refractivity contribution in [3.63, 3.8) is 0 Å². The second kappa shape index (κ2) is 12.3. The number of hydrogen-bond donors (Lipinski definition) is 4. The molecule has 0 radical (unpaired) electrons. The lowest BCUT2D eigenvalue weighted by Crippen LogP contribution is -2.21. The van der Waals surface area contributed by atoms with Crippen LogP contribution in [0.25, 0.3) is 0 Å². The van der Waals surface area contributed by atoms with Crippen molar-refractivity contribution >= 4 is 25.0 Å². The molecule has 0 amide bonds. The molecule has 5 N–H and O–H groups in total. The normalized spacial score (nSPS) is 13.9. The third-order valence-electron chi connectivity index (χ3n) is 4.39. The highest BCUT2D eigenvalue weighted by atomic mass is 31.2. The van der Waals surface area contributed by atoms with Gasteiger partial charge in [-0.1, -0.05) is 42.5 Å². The molecule has 11 heteroatoms. The van der Waals surface area contributed by atoms with Crippen LogP contribution < -0.4 is 5.73 Å². The molecule has 2 aromatic carbocycles. The van der Waals surface area contributed by atoms with E-state index < -0.39 is 31.4 Å². The van der Waals surface area contributed by atoms with Crippen LogP contribution >= 0.6 is 7.37 Å². The van der Waals surface area contributed by atoms with Crippen LogP contribution in [-0.2, 0) is 20.6 Å². The number of halogens is 3. The molecule has 0 saturated heterocycles. The first-order valence-electron chi connectivity index (χ1n) is 9.55. The summed E-state index contributed by atoms with van der Waals surface area (Å²) in [5.41, 5.74) is 7.79. The van der Waals surface area contributed by atoms with Crippen molar-refractivity contribution in [3.8, 4) is 0 Å². The number of unbranched alkanes of at least 4 members (excludes halogenated alkanes) is 1. The second-order valence-electron chi connectivity index (χ2n) is 7.06. The molecule has 0 aliphatic heterocycles. The summed E-state index contributed by atoms with van der Waals surface area (Å²) in [6.07, 6.45) is -2.99. The van der Waals surface area contributed by atoms with E-state index in [4.69, 9.17) is 15.6 Å². The Morgan fingerprint density at radius 3 is 2.09 bits per heavy atom. The first kappa shape index (κ1) is 27.2. The van der Waals surface area contributed by atoms with Crippen LogP contribution in [-0.4, -0.2) is 45.5 Å².